The van der Waals surface area contributed by atoms with Crippen LogP contribution in [0.25, 0.3) is 0 Å². The van der Waals surface area contributed by atoms with E-state index in [1.807, 2.05) is 37.4 Å². The summed E-state index contributed by atoms with van der Waals surface area (Å²) < 4.78 is 5.46. The SMILES string of the molecule is CCOc1ccc(Nc2nc(SC)nc3c2CCC3)cc1. The quantitative estimate of drug-likeness (QED) is 0.672. The van der Waals surface area contributed by atoms with E-state index in [2.05, 4.69) is 15.3 Å². The predicted octanol–water partition coefficient (Wildman–Crippen LogP) is 3.83. The highest BCUT2D eigenvalue weighted by atomic mass is 32.2. The molecule has 0 unspecified atom stereocenters. The molecule has 0 atom stereocenters. The van der Waals surface area contributed by atoms with Gasteiger partial charge in [0.15, 0.2) is 5.16 Å². The number of aromatic nitrogens is 2. The number of benzene rings is 1. The zero-order valence-electron chi connectivity index (χ0n) is 12.3. The van der Waals surface area contributed by atoms with Crippen molar-refractivity contribution in [3.63, 3.8) is 0 Å². The van der Waals surface area contributed by atoms with E-state index in [-0.39, 0.29) is 0 Å². The molecule has 5 heteroatoms. The zero-order valence-corrected chi connectivity index (χ0v) is 13.2. The lowest BCUT2D eigenvalue weighted by Crippen LogP contribution is -2.03. The third-order valence-electron chi connectivity index (χ3n) is 3.52. The van der Waals surface area contributed by atoms with Gasteiger partial charge in [-0.2, -0.15) is 0 Å². The Bertz CT molecular complexity index is 628. The molecule has 0 amide bonds. The standard InChI is InChI=1S/C16H19N3OS/c1-3-20-12-9-7-11(8-10-12)17-15-13-5-4-6-14(13)18-16(19-15)21-2/h7-10H,3-6H2,1-2H3,(H,17,18,19). The van der Waals surface area contributed by atoms with Crippen molar-refractivity contribution in [2.75, 3.05) is 18.2 Å². The topological polar surface area (TPSA) is 47.0 Å². The average molecular weight is 301 g/mol. The largest absolute Gasteiger partial charge is 0.494 e. The fourth-order valence-electron chi connectivity index (χ4n) is 2.54. The first kappa shape index (κ1) is 14.2. The van der Waals surface area contributed by atoms with Gasteiger partial charge in [-0.15, -0.1) is 0 Å². The second kappa shape index (κ2) is 6.35. The summed E-state index contributed by atoms with van der Waals surface area (Å²) in [6, 6.07) is 7.99. The Kier molecular flexibility index (Phi) is 4.29. The monoisotopic (exact) mass is 301 g/mol. The first-order chi connectivity index (χ1) is 10.3. The van der Waals surface area contributed by atoms with Crippen LogP contribution >= 0.6 is 11.8 Å². The number of hydrogen-bond donors (Lipinski definition) is 1. The number of nitrogens with zero attached hydrogens (tertiary/aromatic N) is 2. The smallest absolute Gasteiger partial charge is 0.189 e. The number of hydrogen-bond acceptors (Lipinski definition) is 5. The van der Waals surface area contributed by atoms with Crippen LogP contribution in [0.2, 0.25) is 0 Å². The minimum Gasteiger partial charge on any atom is -0.494 e. The first-order valence-corrected chi connectivity index (χ1v) is 8.46. The van der Waals surface area contributed by atoms with Crippen molar-refractivity contribution in [3.05, 3.63) is 35.5 Å². The van der Waals surface area contributed by atoms with Gasteiger partial charge in [0.1, 0.15) is 11.6 Å². The van der Waals surface area contributed by atoms with Crippen molar-refractivity contribution >= 4 is 23.3 Å². The molecule has 110 valence electrons. The molecule has 1 aromatic heterocycles. The summed E-state index contributed by atoms with van der Waals surface area (Å²) in [4.78, 5) is 9.23. The molecule has 0 saturated carbocycles. The van der Waals surface area contributed by atoms with Crippen LogP contribution in [0.1, 0.15) is 24.6 Å². The van der Waals surface area contributed by atoms with Gasteiger partial charge in [-0.1, -0.05) is 11.8 Å². The molecule has 1 aliphatic rings. The number of anilines is 2. The van der Waals surface area contributed by atoms with Crippen LogP contribution in [0.15, 0.2) is 29.4 Å². The fraction of sp³-hybridized carbons (Fsp3) is 0.375. The molecule has 0 spiro atoms. The summed E-state index contributed by atoms with van der Waals surface area (Å²) in [7, 11) is 0. The number of nitrogens with one attached hydrogen (secondary N) is 1. The number of thioether (sulfide) groups is 1. The minimum atomic E-state index is 0.684. The average Bonchev–Trinajstić information content (AvgIpc) is 2.98. The Labute approximate surface area is 129 Å². The van der Waals surface area contributed by atoms with Crippen molar-refractivity contribution in [1.82, 2.24) is 9.97 Å². The molecule has 0 bridgehead atoms. The van der Waals surface area contributed by atoms with Gasteiger partial charge < -0.3 is 10.1 Å². The van der Waals surface area contributed by atoms with Crippen molar-refractivity contribution in [3.8, 4) is 5.75 Å². The van der Waals surface area contributed by atoms with Gasteiger partial charge >= 0.3 is 0 Å². The summed E-state index contributed by atoms with van der Waals surface area (Å²) in [6.45, 7) is 2.67. The van der Waals surface area contributed by atoms with Crippen LogP contribution in [0.3, 0.4) is 0 Å². The lowest BCUT2D eigenvalue weighted by atomic mass is 10.2. The van der Waals surface area contributed by atoms with Gasteiger partial charge in [0, 0.05) is 11.3 Å². The van der Waals surface area contributed by atoms with Crippen LogP contribution in [0.5, 0.6) is 5.75 Å². The third-order valence-corrected chi connectivity index (χ3v) is 4.07. The fourth-order valence-corrected chi connectivity index (χ4v) is 2.93. The molecule has 0 radical (unpaired) electrons. The summed E-state index contributed by atoms with van der Waals surface area (Å²) in [5.74, 6) is 1.84. The maximum absolute atomic E-state index is 5.46. The maximum Gasteiger partial charge on any atom is 0.189 e. The van der Waals surface area contributed by atoms with E-state index in [1.54, 1.807) is 11.8 Å². The van der Waals surface area contributed by atoms with Gasteiger partial charge in [0.2, 0.25) is 0 Å². The van der Waals surface area contributed by atoms with Crippen molar-refractivity contribution in [2.45, 2.75) is 31.3 Å². The Morgan fingerprint density at radius 1 is 1.19 bits per heavy atom. The molecule has 21 heavy (non-hydrogen) atoms. The number of fused-ring (bicyclic) bond motifs is 1. The van der Waals surface area contributed by atoms with Crippen LogP contribution in [0, 0.1) is 0 Å². The molecule has 3 rings (SSSR count). The van der Waals surface area contributed by atoms with E-state index in [1.165, 1.54) is 17.7 Å². The van der Waals surface area contributed by atoms with E-state index in [0.717, 1.165) is 35.3 Å². The molecule has 0 aliphatic heterocycles. The highest BCUT2D eigenvalue weighted by molar-refractivity contribution is 7.98. The van der Waals surface area contributed by atoms with Gasteiger partial charge in [0.05, 0.1) is 12.3 Å². The van der Waals surface area contributed by atoms with Gasteiger partial charge in [-0.25, -0.2) is 9.97 Å². The maximum atomic E-state index is 5.46. The normalized spacial score (nSPS) is 13.0. The van der Waals surface area contributed by atoms with E-state index in [9.17, 15) is 0 Å². The summed E-state index contributed by atoms with van der Waals surface area (Å²) in [5, 5.41) is 4.27. The molecule has 1 aliphatic carbocycles. The van der Waals surface area contributed by atoms with Crippen LogP contribution in [-0.2, 0) is 12.8 Å². The molecule has 1 heterocycles. The van der Waals surface area contributed by atoms with Crippen molar-refractivity contribution < 1.29 is 4.74 Å². The molecule has 1 N–H and O–H groups in total. The van der Waals surface area contributed by atoms with Gasteiger partial charge in [-0.3, -0.25) is 0 Å². The molecule has 0 fully saturated rings. The van der Waals surface area contributed by atoms with Crippen LogP contribution < -0.4 is 10.1 Å². The Balaban J connectivity index is 1.85. The molecule has 2 aromatic rings. The molecule has 0 saturated heterocycles. The Hall–Kier alpha value is -1.75. The van der Waals surface area contributed by atoms with E-state index >= 15 is 0 Å². The Morgan fingerprint density at radius 2 is 2.00 bits per heavy atom. The third kappa shape index (κ3) is 3.13. The van der Waals surface area contributed by atoms with Crippen molar-refractivity contribution in [1.29, 1.82) is 0 Å². The van der Waals surface area contributed by atoms with Crippen LogP contribution in [0.4, 0.5) is 11.5 Å². The summed E-state index contributed by atoms with van der Waals surface area (Å²) >= 11 is 1.59. The number of aryl methyl sites for hydroxylation is 1. The number of rotatable bonds is 5. The van der Waals surface area contributed by atoms with E-state index < -0.39 is 0 Å². The van der Waals surface area contributed by atoms with Crippen molar-refractivity contribution in [2.24, 2.45) is 0 Å². The van der Waals surface area contributed by atoms with Gasteiger partial charge in [-0.05, 0) is 56.7 Å². The zero-order chi connectivity index (χ0) is 14.7. The molecular weight excluding hydrogens is 282 g/mol. The van der Waals surface area contributed by atoms with Crippen LogP contribution in [-0.4, -0.2) is 22.8 Å². The lowest BCUT2D eigenvalue weighted by Gasteiger charge is -2.12. The predicted molar refractivity (Wildman–Crippen MR) is 86.7 cm³/mol. The molecule has 1 aromatic carbocycles. The summed E-state index contributed by atoms with van der Waals surface area (Å²) in [5.41, 5.74) is 3.49. The highest BCUT2D eigenvalue weighted by Crippen LogP contribution is 2.30. The highest BCUT2D eigenvalue weighted by Gasteiger charge is 2.19. The second-order valence-corrected chi connectivity index (χ2v) is 5.69. The lowest BCUT2D eigenvalue weighted by molar-refractivity contribution is 0.340. The summed E-state index contributed by atoms with van der Waals surface area (Å²) in [6.07, 6.45) is 5.30. The second-order valence-electron chi connectivity index (χ2n) is 4.92. The van der Waals surface area contributed by atoms with E-state index in [4.69, 9.17) is 4.74 Å². The minimum absolute atomic E-state index is 0.684. The van der Waals surface area contributed by atoms with E-state index in [0.29, 0.717) is 6.61 Å². The van der Waals surface area contributed by atoms with Gasteiger partial charge in [0.25, 0.3) is 0 Å². The molecular formula is C16H19N3OS. The Morgan fingerprint density at radius 3 is 2.71 bits per heavy atom. The molecule has 4 nitrogen and oxygen atoms in total. The first-order valence-electron chi connectivity index (χ1n) is 7.24. The number of ether oxygens (including phenoxy) is 1.